The highest BCUT2D eigenvalue weighted by Crippen LogP contribution is 2.32. The standard InChI is InChI=1S/C17H25NO3/c1-4-5-6-7-15(19)12-8-9-13-14(10-12)16(21-3)11(2)18-17(13)20/h12H,4-10H2,1-3H3,(H,18,20)/t12-/m0/s1. The molecule has 0 aliphatic heterocycles. The summed E-state index contributed by atoms with van der Waals surface area (Å²) in [6, 6.07) is 0. The van der Waals surface area contributed by atoms with Gasteiger partial charge >= 0.3 is 0 Å². The fourth-order valence-corrected chi connectivity index (χ4v) is 3.25. The number of H-pyrrole nitrogens is 1. The summed E-state index contributed by atoms with van der Waals surface area (Å²) in [7, 11) is 1.62. The minimum atomic E-state index is -0.0276. The van der Waals surface area contributed by atoms with E-state index < -0.39 is 0 Å². The van der Waals surface area contributed by atoms with Crippen LogP contribution >= 0.6 is 0 Å². The number of pyridine rings is 1. The van der Waals surface area contributed by atoms with Crippen molar-refractivity contribution in [2.45, 2.75) is 58.8 Å². The molecule has 1 heterocycles. The van der Waals surface area contributed by atoms with Crippen molar-refractivity contribution < 1.29 is 9.53 Å². The van der Waals surface area contributed by atoms with Gasteiger partial charge in [-0.05, 0) is 32.6 Å². The summed E-state index contributed by atoms with van der Waals surface area (Å²) in [5, 5.41) is 0. The summed E-state index contributed by atoms with van der Waals surface area (Å²) in [4.78, 5) is 27.2. The van der Waals surface area contributed by atoms with Crippen LogP contribution < -0.4 is 10.3 Å². The van der Waals surface area contributed by atoms with E-state index in [2.05, 4.69) is 11.9 Å². The second-order valence-corrected chi connectivity index (χ2v) is 5.93. The van der Waals surface area contributed by atoms with Crippen LogP contribution in [-0.2, 0) is 17.6 Å². The van der Waals surface area contributed by atoms with Crippen molar-refractivity contribution in [3.05, 3.63) is 27.2 Å². The first-order valence-corrected chi connectivity index (χ1v) is 7.89. The van der Waals surface area contributed by atoms with Gasteiger partial charge in [-0.1, -0.05) is 19.8 Å². The van der Waals surface area contributed by atoms with E-state index in [1.54, 1.807) is 7.11 Å². The van der Waals surface area contributed by atoms with Gasteiger partial charge in [0.05, 0.1) is 12.8 Å². The SMILES string of the molecule is CCCCCC(=O)[C@H]1CCc2c(c(OC)c(C)[nH]c2=O)C1. The van der Waals surface area contributed by atoms with Crippen LogP contribution in [0, 0.1) is 12.8 Å². The summed E-state index contributed by atoms with van der Waals surface area (Å²) in [6.45, 7) is 3.98. The lowest BCUT2D eigenvalue weighted by Crippen LogP contribution is -2.28. The number of methoxy groups -OCH3 is 1. The molecule has 2 rings (SSSR count). The van der Waals surface area contributed by atoms with Crippen LogP contribution in [0.5, 0.6) is 5.75 Å². The number of hydrogen-bond donors (Lipinski definition) is 1. The van der Waals surface area contributed by atoms with Crippen LogP contribution in [0.2, 0.25) is 0 Å². The molecule has 0 amide bonds. The van der Waals surface area contributed by atoms with Crippen molar-refractivity contribution in [1.29, 1.82) is 0 Å². The third kappa shape index (κ3) is 3.36. The zero-order valence-electron chi connectivity index (χ0n) is 13.3. The van der Waals surface area contributed by atoms with Crippen molar-refractivity contribution in [1.82, 2.24) is 4.98 Å². The van der Waals surface area contributed by atoms with Crippen molar-refractivity contribution in [2.24, 2.45) is 5.92 Å². The summed E-state index contributed by atoms with van der Waals surface area (Å²) in [5.41, 5.74) is 2.47. The summed E-state index contributed by atoms with van der Waals surface area (Å²) < 4.78 is 5.44. The number of aryl methyl sites for hydroxylation is 1. The number of rotatable bonds is 6. The molecule has 0 bridgehead atoms. The molecule has 0 aromatic carbocycles. The second kappa shape index (κ2) is 6.92. The van der Waals surface area contributed by atoms with E-state index in [0.717, 1.165) is 48.3 Å². The average Bonchev–Trinajstić information content (AvgIpc) is 2.47. The number of nitrogens with one attached hydrogen (secondary N) is 1. The highest BCUT2D eigenvalue weighted by molar-refractivity contribution is 5.81. The number of Topliss-reactive ketones (excluding diaryl/α,β-unsaturated/α-hetero) is 1. The number of fused-ring (bicyclic) bond motifs is 1. The molecule has 0 unspecified atom stereocenters. The summed E-state index contributed by atoms with van der Waals surface area (Å²) in [5.74, 6) is 1.13. The van der Waals surface area contributed by atoms with Crippen molar-refractivity contribution in [2.75, 3.05) is 7.11 Å². The Morgan fingerprint density at radius 3 is 2.76 bits per heavy atom. The van der Waals surface area contributed by atoms with Gasteiger partial charge in [0.25, 0.3) is 5.56 Å². The van der Waals surface area contributed by atoms with Gasteiger partial charge in [0.15, 0.2) is 0 Å². The summed E-state index contributed by atoms with van der Waals surface area (Å²) >= 11 is 0. The highest BCUT2D eigenvalue weighted by atomic mass is 16.5. The van der Waals surface area contributed by atoms with Crippen LogP contribution in [0.3, 0.4) is 0 Å². The zero-order valence-corrected chi connectivity index (χ0v) is 13.3. The molecule has 1 aliphatic rings. The summed E-state index contributed by atoms with van der Waals surface area (Å²) in [6.07, 6.45) is 5.98. The maximum atomic E-state index is 12.3. The third-order valence-electron chi connectivity index (χ3n) is 4.43. The monoisotopic (exact) mass is 291 g/mol. The zero-order chi connectivity index (χ0) is 15.4. The van der Waals surface area contributed by atoms with Gasteiger partial charge in [0.1, 0.15) is 11.5 Å². The van der Waals surface area contributed by atoms with E-state index in [-0.39, 0.29) is 11.5 Å². The topological polar surface area (TPSA) is 59.2 Å². The van der Waals surface area contributed by atoms with Gasteiger partial charge in [0.2, 0.25) is 0 Å². The number of unbranched alkanes of at least 4 members (excludes halogenated alkanes) is 2. The first-order valence-electron chi connectivity index (χ1n) is 7.89. The normalized spacial score (nSPS) is 17.4. The molecule has 1 N–H and O–H groups in total. The third-order valence-corrected chi connectivity index (χ3v) is 4.43. The Kier molecular flexibility index (Phi) is 5.21. The van der Waals surface area contributed by atoms with Crippen LogP contribution in [0.15, 0.2) is 4.79 Å². The van der Waals surface area contributed by atoms with E-state index in [4.69, 9.17) is 4.74 Å². The second-order valence-electron chi connectivity index (χ2n) is 5.93. The van der Waals surface area contributed by atoms with E-state index >= 15 is 0 Å². The van der Waals surface area contributed by atoms with Gasteiger partial charge in [-0.25, -0.2) is 0 Å². The van der Waals surface area contributed by atoms with E-state index in [0.29, 0.717) is 25.0 Å². The molecule has 4 heteroatoms. The Hall–Kier alpha value is -1.58. The first kappa shape index (κ1) is 15.8. The van der Waals surface area contributed by atoms with Crippen molar-refractivity contribution in [3.63, 3.8) is 0 Å². The minimum Gasteiger partial charge on any atom is -0.495 e. The average molecular weight is 291 g/mol. The molecule has 0 spiro atoms. The molecule has 0 radical (unpaired) electrons. The van der Waals surface area contributed by atoms with Gasteiger partial charge in [0, 0.05) is 23.5 Å². The largest absolute Gasteiger partial charge is 0.495 e. The molecule has 21 heavy (non-hydrogen) atoms. The van der Waals surface area contributed by atoms with Gasteiger partial charge in [-0.15, -0.1) is 0 Å². The maximum Gasteiger partial charge on any atom is 0.251 e. The molecule has 0 fully saturated rings. The molecule has 1 aromatic rings. The van der Waals surface area contributed by atoms with Gasteiger partial charge in [-0.2, -0.15) is 0 Å². The van der Waals surface area contributed by atoms with Gasteiger partial charge in [-0.3, -0.25) is 9.59 Å². The highest BCUT2D eigenvalue weighted by Gasteiger charge is 2.28. The van der Waals surface area contributed by atoms with Crippen LogP contribution in [0.4, 0.5) is 0 Å². The number of aromatic nitrogens is 1. The molecular formula is C17H25NO3. The molecule has 0 saturated carbocycles. The Balaban J connectivity index is 2.19. The Morgan fingerprint density at radius 2 is 2.10 bits per heavy atom. The Bertz CT molecular complexity index is 574. The number of ketones is 1. The minimum absolute atomic E-state index is 0.0276. The first-order chi connectivity index (χ1) is 10.1. The van der Waals surface area contributed by atoms with Crippen LogP contribution in [0.1, 0.15) is 55.8 Å². The predicted molar refractivity (Wildman–Crippen MR) is 83.0 cm³/mol. The lowest BCUT2D eigenvalue weighted by Gasteiger charge is -2.25. The predicted octanol–water partition coefficient (Wildman–Crippen LogP) is 2.95. The molecule has 1 aromatic heterocycles. The number of hydrogen-bond acceptors (Lipinski definition) is 3. The number of ether oxygens (including phenoxy) is 1. The fourth-order valence-electron chi connectivity index (χ4n) is 3.25. The molecule has 4 nitrogen and oxygen atoms in total. The lowest BCUT2D eigenvalue weighted by atomic mass is 9.80. The number of carbonyl (C=O) groups excluding carboxylic acids is 1. The Labute approximate surface area is 125 Å². The molecule has 116 valence electrons. The van der Waals surface area contributed by atoms with Gasteiger partial charge < -0.3 is 9.72 Å². The van der Waals surface area contributed by atoms with E-state index in [1.807, 2.05) is 6.92 Å². The smallest absolute Gasteiger partial charge is 0.251 e. The van der Waals surface area contributed by atoms with Crippen molar-refractivity contribution >= 4 is 5.78 Å². The van der Waals surface area contributed by atoms with E-state index in [9.17, 15) is 9.59 Å². The van der Waals surface area contributed by atoms with E-state index in [1.165, 1.54) is 0 Å². The Morgan fingerprint density at radius 1 is 1.33 bits per heavy atom. The quantitative estimate of drug-likeness (QED) is 0.820. The lowest BCUT2D eigenvalue weighted by molar-refractivity contribution is -0.123. The van der Waals surface area contributed by atoms with Crippen molar-refractivity contribution in [3.8, 4) is 5.75 Å². The van der Waals surface area contributed by atoms with Crippen LogP contribution in [-0.4, -0.2) is 17.9 Å². The fraction of sp³-hybridized carbons (Fsp3) is 0.647. The number of aromatic amines is 1. The maximum absolute atomic E-state index is 12.3. The molecule has 0 saturated heterocycles. The van der Waals surface area contributed by atoms with Crippen LogP contribution in [0.25, 0.3) is 0 Å². The molecule has 1 atom stereocenters. The molecule has 1 aliphatic carbocycles. The number of carbonyl (C=O) groups is 1. The molecular weight excluding hydrogens is 266 g/mol.